The highest BCUT2D eigenvalue weighted by molar-refractivity contribution is 6.31. The van der Waals surface area contributed by atoms with E-state index in [-0.39, 0.29) is 11.9 Å². The Hall–Kier alpha value is -1.62. The number of halogens is 2. The molecule has 0 bridgehead atoms. The van der Waals surface area contributed by atoms with Gasteiger partial charge >= 0.3 is 0 Å². The highest BCUT2D eigenvalue weighted by Gasteiger charge is 2.12. The van der Waals surface area contributed by atoms with Crippen molar-refractivity contribution >= 4 is 11.6 Å². The summed E-state index contributed by atoms with van der Waals surface area (Å²) in [6.07, 6.45) is 1.37. The Labute approximate surface area is 128 Å². The van der Waals surface area contributed by atoms with Gasteiger partial charge in [-0.05, 0) is 48.2 Å². The molecule has 0 spiro atoms. The molecular weight excluding hydrogens is 291 g/mol. The Morgan fingerprint density at radius 2 is 1.90 bits per heavy atom. The quantitative estimate of drug-likeness (QED) is 0.637. The number of ether oxygens (including phenoxy) is 1. The molecule has 3 nitrogen and oxygen atoms in total. The molecule has 0 saturated heterocycles. The molecular formula is C16H18ClFN2O. The van der Waals surface area contributed by atoms with Crippen LogP contribution in [0.15, 0.2) is 42.5 Å². The molecule has 3 N–H and O–H groups in total. The smallest absolute Gasteiger partial charge is 0.124 e. The Morgan fingerprint density at radius 3 is 2.48 bits per heavy atom. The van der Waals surface area contributed by atoms with Gasteiger partial charge in [-0.15, -0.1) is 0 Å². The van der Waals surface area contributed by atoms with Gasteiger partial charge in [-0.25, -0.2) is 4.39 Å². The first-order chi connectivity index (χ1) is 10.1. The van der Waals surface area contributed by atoms with Crippen LogP contribution in [0.2, 0.25) is 5.02 Å². The summed E-state index contributed by atoms with van der Waals surface area (Å²) in [5.41, 5.74) is 4.79. The summed E-state index contributed by atoms with van der Waals surface area (Å²) in [7, 11) is 1.63. The van der Waals surface area contributed by atoms with E-state index in [9.17, 15) is 4.39 Å². The van der Waals surface area contributed by atoms with E-state index in [4.69, 9.17) is 22.2 Å². The molecule has 5 heteroatoms. The fourth-order valence-corrected chi connectivity index (χ4v) is 2.43. The molecule has 112 valence electrons. The van der Waals surface area contributed by atoms with E-state index in [0.29, 0.717) is 11.4 Å². The SMILES string of the molecule is COc1ccc(CC(Cc2ccc(F)cc2Cl)NN)cc1. The summed E-state index contributed by atoms with van der Waals surface area (Å²) >= 11 is 6.05. The van der Waals surface area contributed by atoms with Crippen molar-refractivity contribution in [1.82, 2.24) is 5.43 Å². The number of nitrogens with two attached hydrogens (primary N) is 1. The van der Waals surface area contributed by atoms with Gasteiger partial charge in [-0.3, -0.25) is 11.3 Å². The van der Waals surface area contributed by atoms with Crippen molar-refractivity contribution in [2.24, 2.45) is 5.84 Å². The maximum absolute atomic E-state index is 13.0. The van der Waals surface area contributed by atoms with Crippen molar-refractivity contribution in [2.75, 3.05) is 7.11 Å². The third kappa shape index (κ3) is 4.43. The predicted molar refractivity (Wildman–Crippen MR) is 82.9 cm³/mol. The lowest BCUT2D eigenvalue weighted by Gasteiger charge is -2.17. The van der Waals surface area contributed by atoms with Crippen LogP contribution in [-0.4, -0.2) is 13.2 Å². The Balaban J connectivity index is 2.05. The summed E-state index contributed by atoms with van der Waals surface area (Å²) in [6, 6.07) is 12.2. The number of benzene rings is 2. The minimum Gasteiger partial charge on any atom is -0.497 e. The predicted octanol–water partition coefficient (Wildman–Crippen LogP) is 3.10. The molecule has 0 saturated carbocycles. The normalized spacial score (nSPS) is 12.2. The molecule has 2 aromatic carbocycles. The Morgan fingerprint density at radius 1 is 1.19 bits per heavy atom. The monoisotopic (exact) mass is 308 g/mol. The van der Waals surface area contributed by atoms with Gasteiger partial charge in [0.05, 0.1) is 7.11 Å². The van der Waals surface area contributed by atoms with Gasteiger partial charge in [0, 0.05) is 11.1 Å². The maximum Gasteiger partial charge on any atom is 0.124 e. The summed E-state index contributed by atoms with van der Waals surface area (Å²) < 4.78 is 18.2. The van der Waals surface area contributed by atoms with Gasteiger partial charge in [0.15, 0.2) is 0 Å². The zero-order valence-electron chi connectivity index (χ0n) is 11.8. The minimum absolute atomic E-state index is 0.0151. The molecule has 1 atom stereocenters. The summed E-state index contributed by atoms with van der Waals surface area (Å²) in [4.78, 5) is 0. The fourth-order valence-electron chi connectivity index (χ4n) is 2.19. The molecule has 0 aliphatic heterocycles. The van der Waals surface area contributed by atoms with Gasteiger partial charge in [0.2, 0.25) is 0 Å². The highest BCUT2D eigenvalue weighted by atomic mass is 35.5. The van der Waals surface area contributed by atoms with Crippen LogP contribution in [0.1, 0.15) is 11.1 Å². The number of rotatable bonds is 6. The van der Waals surface area contributed by atoms with E-state index < -0.39 is 0 Å². The van der Waals surface area contributed by atoms with E-state index in [0.717, 1.165) is 23.3 Å². The summed E-state index contributed by atoms with van der Waals surface area (Å²) in [6.45, 7) is 0. The minimum atomic E-state index is -0.337. The molecule has 0 heterocycles. The second kappa shape index (κ2) is 7.41. The topological polar surface area (TPSA) is 47.3 Å². The van der Waals surface area contributed by atoms with Crippen molar-refractivity contribution < 1.29 is 9.13 Å². The van der Waals surface area contributed by atoms with Crippen LogP contribution >= 0.6 is 11.6 Å². The average Bonchev–Trinajstić information content (AvgIpc) is 2.49. The summed E-state index contributed by atoms with van der Waals surface area (Å²) in [5, 5.41) is 0.421. The van der Waals surface area contributed by atoms with E-state index in [1.807, 2.05) is 24.3 Å². The molecule has 0 aliphatic rings. The fraction of sp³-hybridized carbons (Fsp3) is 0.250. The molecule has 0 aliphatic carbocycles. The number of methoxy groups -OCH3 is 1. The standard InChI is InChI=1S/C16H18ClFN2O/c1-21-15-6-2-11(3-7-15)8-14(20-19)9-12-4-5-13(18)10-16(12)17/h2-7,10,14,20H,8-9,19H2,1H3. The van der Waals surface area contributed by atoms with Crippen molar-refractivity contribution in [2.45, 2.75) is 18.9 Å². The van der Waals surface area contributed by atoms with Crippen molar-refractivity contribution in [3.05, 3.63) is 64.4 Å². The highest BCUT2D eigenvalue weighted by Crippen LogP contribution is 2.20. The number of nitrogens with one attached hydrogen (secondary N) is 1. The lowest BCUT2D eigenvalue weighted by atomic mass is 9.99. The van der Waals surface area contributed by atoms with Gasteiger partial charge < -0.3 is 4.74 Å². The van der Waals surface area contributed by atoms with Crippen LogP contribution in [0.5, 0.6) is 5.75 Å². The van der Waals surface area contributed by atoms with Crippen LogP contribution in [0, 0.1) is 5.82 Å². The third-order valence-corrected chi connectivity index (χ3v) is 3.71. The second-order valence-corrected chi connectivity index (χ2v) is 5.26. The van der Waals surface area contributed by atoms with E-state index in [1.54, 1.807) is 13.2 Å². The molecule has 0 fully saturated rings. The lowest BCUT2D eigenvalue weighted by molar-refractivity contribution is 0.414. The van der Waals surface area contributed by atoms with Crippen LogP contribution in [0.3, 0.4) is 0 Å². The first-order valence-electron chi connectivity index (χ1n) is 6.65. The molecule has 2 aromatic rings. The van der Waals surface area contributed by atoms with Gasteiger partial charge in [0.1, 0.15) is 11.6 Å². The van der Waals surface area contributed by atoms with Gasteiger partial charge in [0.25, 0.3) is 0 Å². The first-order valence-corrected chi connectivity index (χ1v) is 7.03. The van der Waals surface area contributed by atoms with Crippen LogP contribution < -0.4 is 16.0 Å². The molecule has 0 amide bonds. The lowest BCUT2D eigenvalue weighted by Crippen LogP contribution is -2.38. The van der Waals surface area contributed by atoms with E-state index >= 15 is 0 Å². The molecule has 1 unspecified atom stereocenters. The molecule has 2 rings (SSSR count). The van der Waals surface area contributed by atoms with Crippen molar-refractivity contribution in [3.8, 4) is 5.75 Å². The maximum atomic E-state index is 13.0. The van der Waals surface area contributed by atoms with Gasteiger partial charge in [-0.1, -0.05) is 29.8 Å². The number of hydrogen-bond donors (Lipinski definition) is 2. The van der Waals surface area contributed by atoms with Crippen LogP contribution in [0.25, 0.3) is 0 Å². The van der Waals surface area contributed by atoms with E-state index in [1.165, 1.54) is 12.1 Å². The molecule has 21 heavy (non-hydrogen) atoms. The number of hydrazine groups is 1. The largest absolute Gasteiger partial charge is 0.497 e. The second-order valence-electron chi connectivity index (χ2n) is 4.86. The number of hydrogen-bond acceptors (Lipinski definition) is 3. The van der Waals surface area contributed by atoms with Crippen molar-refractivity contribution in [3.63, 3.8) is 0 Å². The molecule has 0 radical (unpaired) electrons. The Kier molecular flexibility index (Phi) is 5.56. The summed E-state index contributed by atoms with van der Waals surface area (Å²) in [5.74, 6) is 6.09. The average molecular weight is 309 g/mol. The van der Waals surface area contributed by atoms with Crippen LogP contribution in [0.4, 0.5) is 4.39 Å². The van der Waals surface area contributed by atoms with Crippen LogP contribution in [-0.2, 0) is 12.8 Å². The Bertz CT molecular complexity index is 589. The first kappa shape index (κ1) is 15.8. The zero-order chi connectivity index (χ0) is 15.2. The van der Waals surface area contributed by atoms with Gasteiger partial charge in [-0.2, -0.15) is 0 Å². The zero-order valence-corrected chi connectivity index (χ0v) is 12.5. The van der Waals surface area contributed by atoms with Crippen molar-refractivity contribution in [1.29, 1.82) is 0 Å². The third-order valence-electron chi connectivity index (χ3n) is 3.36. The van der Waals surface area contributed by atoms with E-state index in [2.05, 4.69) is 5.43 Å². The molecule has 0 aromatic heterocycles.